The average Bonchev–Trinajstić information content (AvgIpc) is 3.11. The van der Waals surface area contributed by atoms with E-state index in [1.54, 1.807) is 12.4 Å². The molecule has 0 unspecified atom stereocenters. The first kappa shape index (κ1) is 17.7. The molecule has 29 heavy (non-hydrogen) atoms. The topological polar surface area (TPSA) is 92.6 Å². The van der Waals surface area contributed by atoms with Gasteiger partial charge in [-0.2, -0.15) is 0 Å². The third-order valence-corrected chi connectivity index (χ3v) is 5.40. The molecule has 1 N–H and O–H groups in total. The van der Waals surface area contributed by atoms with Gasteiger partial charge in [-0.1, -0.05) is 12.1 Å². The van der Waals surface area contributed by atoms with Gasteiger partial charge in [0.05, 0.1) is 34.4 Å². The molecule has 0 bridgehead atoms. The number of hydrogen-bond acceptors (Lipinski definition) is 6. The molecule has 0 saturated carbocycles. The summed E-state index contributed by atoms with van der Waals surface area (Å²) in [7, 11) is 0. The standard InChI is InChI=1S/C21H21N7O/c1-2-28-18-6-4-3-5-17(18)24-19(28)12-27-8-7-16-15(11-27)21(29)26-20(25-16)14-9-22-13-23-10-14/h3-6,9-10,13H,2,7-8,11-12H2,1H3,(H,25,26,29). The highest BCUT2D eigenvalue weighted by atomic mass is 16.1. The van der Waals surface area contributed by atoms with E-state index in [4.69, 9.17) is 4.98 Å². The van der Waals surface area contributed by atoms with Crippen molar-refractivity contribution in [1.29, 1.82) is 0 Å². The fourth-order valence-corrected chi connectivity index (χ4v) is 3.97. The Hall–Kier alpha value is -3.39. The number of imidazole rings is 1. The van der Waals surface area contributed by atoms with Crippen molar-refractivity contribution in [3.8, 4) is 11.4 Å². The molecule has 4 heterocycles. The highest BCUT2D eigenvalue weighted by molar-refractivity contribution is 5.75. The maximum absolute atomic E-state index is 12.7. The van der Waals surface area contributed by atoms with E-state index in [0.717, 1.165) is 47.6 Å². The van der Waals surface area contributed by atoms with E-state index in [-0.39, 0.29) is 5.56 Å². The number of aryl methyl sites for hydroxylation is 1. The van der Waals surface area contributed by atoms with Crippen molar-refractivity contribution < 1.29 is 0 Å². The Labute approximate surface area is 167 Å². The predicted octanol–water partition coefficient (Wildman–Crippen LogP) is 2.15. The molecule has 1 aliphatic rings. The molecule has 0 atom stereocenters. The Morgan fingerprint density at radius 2 is 1.97 bits per heavy atom. The molecule has 0 spiro atoms. The van der Waals surface area contributed by atoms with E-state index in [0.29, 0.717) is 24.5 Å². The molecule has 8 heteroatoms. The van der Waals surface area contributed by atoms with Gasteiger partial charge in [0.25, 0.3) is 5.56 Å². The summed E-state index contributed by atoms with van der Waals surface area (Å²) in [4.78, 5) is 35.4. The van der Waals surface area contributed by atoms with Gasteiger partial charge >= 0.3 is 0 Å². The van der Waals surface area contributed by atoms with Crippen molar-refractivity contribution in [3.05, 3.63) is 70.4 Å². The number of H-pyrrole nitrogens is 1. The Balaban J connectivity index is 1.43. The highest BCUT2D eigenvalue weighted by Crippen LogP contribution is 2.21. The second-order valence-electron chi connectivity index (χ2n) is 7.19. The maximum atomic E-state index is 12.7. The lowest BCUT2D eigenvalue weighted by molar-refractivity contribution is 0.233. The van der Waals surface area contributed by atoms with Crippen LogP contribution in [0.25, 0.3) is 22.4 Å². The summed E-state index contributed by atoms with van der Waals surface area (Å²) in [5.41, 5.74) is 4.37. The first-order valence-corrected chi connectivity index (χ1v) is 9.77. The molecule has 0 radical (unpaired) electrons. The van der Waals surface area contributed by atoms with Crippen LogP contribution in [-0.4, -0.2) is 40.9 Å². The number of hydrogen-bond donors (Lipinski definition) is 1. The SMILES string of the molecule is CCn1c(CN2CCc3nc(-c4cncnc4)[nH]c(=O)c3C2)nc2ccccc21. The van der Waals surface area contributed by atoms with Gasteiger partial charge in [0.1, 0.15) is 18.0 Å². The molecule has 0 fully saturated rings. The second kappa shape index (κ2) is 7.21. The molecule has 4 aromatic rings. The minimum atomic E-state index is -0.0949. The first-order chi connectivity index (χ1) is 14.2. The lowest BCUT2D eigenvalue weighted by atomic mass is 10.1. The molecule has 146 valence electrons. The summed E-state index contributed by atoms with van der Waals surface area (Å²) in [5.74, 6) is 1.55. The van der Waals surface area contributed by atoms with Gasteiger partial charge in [-0.25, -0.2) is 19.9 Å². The van der Waals surface area contributed by atoms with Gasteiger partial charge in [-0.15, -0.1) is 0 Å². The zero-order valence-electron chi connectivity index (χ0n) is 16.2. The number of para-hydroxylation sites is 2. The minimum absolute atomic E-state index is 0.0949. The first-order valence-electron chi connectivity index (χ1n) is 9.77. The number of nitrogens with one attached hydrogen (secondary N) is 1. The van der Waals surface area contributed by atoms with Crippen LogP contribution >= 0.6 is 0 Å². The Bertz CT molecular complexity index is 1230. The molecule has 0 saturated heterocycles. The Morgan fingerprint density at radius 3 is 2.79 bits per heavy atom. The van der Waals surface area contributed by atoms with E-state index in [1.165, 1.54) is 6.33 Å². The summed E-state index contributed by atoms with van der Waals surface area (Å²) in [5, 5.41) is 0. The van der Waals surface area contributed by atoms with Gasteiger partial charge < -0.3 is 9.55 Å². The largest absolute Gasteiger partial charge is 0.327 e. The van der Waals surface area contributed by atoms with Crippen molar-refractivity contribution in [3.63, 3.8) is 0 Å². The van der Waals surface area contributed by atoms with Crippen LogP contribution < -0.4 is 5.56 Å². The average molecular weight is 387 g/mol. The summed E-state index contributed by atoms with van der Waals surface area (Å²) in [6.07, 6.45) is 5.50. The summed E-state index contributed by atoms with van der Waals surface area (Å²) in [6.45, 7) is 5.10. The van der Waals surface area contributed by atoms with Crippen LogP contribution in [0.4, 0.5) is 0 Å². The normalized spacial score (nSPS) is 14.2. The van der Waals surface area contributed by atoms with Crippen LogP contribution in [0.15, 0.2) is 47.8 Å². The number of aromatic amines is 1. The molecule has 0 aliphatic carbocycles. The summed E-state index contributed by atoms with van der Waals surface area (Å²) in [6, 6.07) is 8.19. The van der Waals surface area contributed by atoms with Crippen LogP contribution in [0.5, 0.6) is 0 Å². The summed E-state index contributed by atoms with van der Waals surface area (Å²) < 4.78 is 2.24. The fraction of sp³-hybridized carbons (Fsp3) is 0.286. The van der Waals surface area contributed by atoms with E-state index >= 15 is 0 Å². The predicted molar refractivity (Wildman–Crippen MR) is 109 cm³/mol. The molecule has 1 aromatic carbocycles. The minimum Gasteiger partial charge on any atom is -0.327 e. The smallest absolute Gasteiger partial charge is 0.255 e. The third kappa shape index (κ3) is 3.21. The number of fused-ring (bicyclic) bond motifs is 2. The molecule has 3 aromatic heterocycles. The van der Waals surface area contributed by atoms with Gasteiger partial charge in [0, 0.05) is 38.4 Å². The van der Waals surface area contributed by atoms with Crippen LogP contribution in [0.3, 0.4) is 0 Å². The van der Waals surface area contributed by atoms with Crippen LogP contribution in [0.2, 0.25) is 0 Å². The van der Waals surface area contributed by atoms with Crippen molar-refractivity contribution in [2.45, 2.75) is 33.0 Å². The van der Waals surface area contributed by atoms with Gasteiger partial charge in [0.2, 0.25) is 0 Å². The maximum Gasteiger partial charge on any atom is 0.255 e. The van der Waals surface area contributed by atoms with E-state index in [1.807, 2.05) is 18.2 Å². The monoisotopic (exact) mass is 387 g/mol. The van der Waals surface area contributed by atoms with Gasteiger partial charge in [0.15, 0.2) is 0 Å². The van der Waals surface area contributed by atoms with Crippen molar-refractivity contribution >= 4 is 11.0 Å². The van der Waals surface area contributed by atoms with E-state index in [9.17, 15) is 4.79 Å². The highest BCUT2D eigenvalue weighted by Gasteiger charge is 2.23. The van der Waals surface area contributed by atoms with Crippen LogP contribution in [0, 0.1) is 0 Å². The van der Waals surface area contributed by atoms with Crippen LogP contribution in [-0.2, 0) is 26.1 Å². The van der Waals surface area contributed by atoms with Crippen molar-refractivity contribution in [2.75, 3.05) is 6.54 Å². The number of nitrogens with zero attached hydrogens (tertiary/aromatic N) is 6. The molecule has 0 amide bonds. The Kier molecular flexibility index (Phi) is 4.40. The van der Waals surface area contributed by atoms with Crippen molar-refractivity contribution in [1.82, 2.24) is 34.4 Å². The third-order valence-electron chi connectivity index (χ3n) is 5.40. The lowest BCUT2D eigenvalue weighted by Gasteiger charge is -2.27. The zero-order chi connectivity index (χ0) is 19.8. The van der Waals surface area contributed by atoms with E-state index < -0.39 is 0 Å². The van der Waals surface area contributed by atoms with E-state index in [2.05, 4.69) is 42.4 Å². The second-order valence-corrected chi connectivity index (χ2v) is 7.19. The zero-order valence-corrected chi connectivity index (χ0v) is 16.2. The molecular weight excluding hydrogens is 366 g/mol. The molecular formula is C21H21N7O. The number of rotatable bonds is 4. The quantitative estimate of drug-likeness (QED) is 0.577. The molecule has 5 rings (SSSR count). The summed E-state index contributed by atoms with van der Waals surface area (Å²) >= 11 is 0. The van der Waals surface area contributed by atoms with Gasteiger partial charge in [-0.05, 0) is 19.1 Å². The Morgan fingerprint density at radius 1 is 1.14 bits per heavy atom. The molecule has 8 nitrogen and oxygen atoms in total. The van der Waals surface area contributed by atoms with Gasteiger partial charge in [-0.3, -0.25) is 9.69 Å². The van der Waals surface area contributed by atoms with Crippen molar-refractivity contribution in [2.24, 2.45) is 0 Å². The number of aromatic nitrogens is 6. The lowest BCUT2D eigenvalue weighted by Crippen LogP contribution is -2.36. The van der Waals surface area contributed by atoms with Crippen LogP contribution in [0.1, 0.15) is 24.0 Å². The fourth-order valence-electron chi connectivity index (χ4n) is 3.97. The molecule has 1 aliphatic heterocycles. The number of benzene rings is 1.